The number of primary amides is 1. The van der Waals surface area contributed by atoms with Crippen molar-refractivity contribution in [2.24, 2.45) is 5.73 Å². The van der Waals surface area contributed by atoms with E-state index in [0.29, 0.717) is 28.3 Å². The fourth-order valence-corrected chi connectivity index (χ4v) is 2.39. The van der Waals surface area contributed by atoms with E-state index in [4.69, 9.17) is 15.0 Å². The van der Waals surface area contributed by atoms with Gasteiger partial charge in [0.1, 0.15) is 5.75 Å². The van der Waals surface area contributed by atoms with Crippen LogP contribution in [0.1, 0.15) is 10.4 Å². The number of nitrogens with zero attached hydrogens (tertiary/aromatic N) is 3. The summed E-state index contributed by atoms with van der Waals surface area (Å²) in [7, 11) is 3.39. The first-order chi connectivity index (χ1) is 13.0. The Bertz CT molecular complexity index is 964. The van der Waals surface area contributed by atoms with Gasteiger partial charge < -0.3 is 19.9 Å². The van der Waals surface area contributed by atoms with Gasteiger partial charge in [-0.05, 0) is 24.3 Å². The third kappa shape index (κ3) is 4.12. The van der Waals surface area contributed by atoms with E-state index < -0.39 is 5.91 Å². The molecule has 2 amide bonds. The average molecular weight is 366 g/mol. The molecule has 0 bridgehead atoms. The number of para-hydroxylation sites is 1. The molecule has 3 rings (SSSR count). The van der Waals surface area contributed by atoms with Crippen LogP contribution < -0.4 is 10.5 Å². The maximum absolute atomic E-state index is 12.0. The summed E-state index contributed by atoms with van der Waals surface area (Å²) in [6.45, 7) is -0.251. The van der Waals surface area contributed by atoms with Gasteiger partial charge in [-0.2, -0.15) is 4.98 Å². The van der Waals surface area contributed by atoms with Gasteiger partial charge in [-0.15, -0.1) is 0 Å². The molecule has 27 heavy (non-hydrogen) atoms. The molecule has 0 aliphatic heterocycles. The predicted octanol–water partition coefficient (Wildman–Crippen LogP) is 1.97. The third-order valence-electron chi connectivity index (χ3n) is 3.71. The van der Waals surface area contributed by atoms with Gasteiger partial charge in [0.25, 0.3) is 17.7 Å². The maximum atomic E-state index is 12.0. The van der Waals surface area contributed by atoms with Crippen LogP contribution in [0.5, 0.6) is 5.75 Å². The van der Waals surface area contributed by atoms with E-state index in [1.54, 1.807) is 62.6 Å². The van der Waals surface area contributed by atoms with Crippen molar-refractivity contribution in [3.8, 4) is 28.6 Å². The first kappa shape index (κ1) is 18.1. The molecule has 2 N–H and O–H groups in total. The molecule has 0 spiro atoms. The largest absolute Gasteiger partial charge is 0.483 e. The van der Waals surface area contributed by atoms with Gasteiger partial charge in [-0.1, -0.05) is 29.4 Å². The van der Waals surface area contributed by atoms with E-state index >= 15 is 0 Å². The lowest BCUT2D eigenvalue weighted by atomic mass is 10.1. The van der Waals surface area contributed by atoms with E-state index in [9.17, 15) is 9.59 Å². The van der Waals surface area contributed by atoms with Crippen LogP contribution in [0.15, 0.2) is 53.1 Å². The highest BCUT2D eigenvalue weighted by atomic mass is 16.5. The minimum atomic E-state index is -0.580. The summed E-state index contributed by atoms with van der Waals surface area (Å²) >= 11 is 0. The quantitative estimate of drug-likeness (QED) is 0.714. The average Bonchev–Trinajstić information content (AvgIpc) is 3.16. The Labute approximate surface area is 155 Å². The molecular weight excluding hydrogens is 348 g/mol. The van der Waals surface area contributed by atoms with Crippen LogP contribution in [-0.4, -0.2) is 47.6 Å². The van der Waals surface area contributed by atoms with Crippen molar-refractivity contribution in [2.45, 2.75) is 0 Å². The lowest BCUT2D eigenvalue weighted by molar-refractivity contribution is -0.119. The minimum absolute atomic E-state index is 0.0871. The fraction of sp³-hybridized carbons (Fsp3) is 0.158. The molecule has 8 heteroatoms. The Kier molecular flexibility index (Phi) is 5.16. The summed E-state index contributed by atoms with van der Waals surface area (Å²) < 4.78 is 10.7. The molecule has 0 aliphatic carbocycles. The summed E-state index contributed by atoms with van der Waals surface area (Å²) in [6.07, 6.45) is 0. The van der Waals surface area contributed by atoms with Crippen LogP contribution in [-0.2, 0) is 4.79 Å². The molecule has 0 radical (unpaired) electrons. The lowest BCUT2D eigenvalue weighted by Crippen LogP contribution is -2.21. The molecule has 0 saturated heterocycles. The zero-order valence-electron chi connectivity index (χ0n) is 14.9. The van der Waals surface area contributed by atoms with Crippen molar-refractivity contribution >= 4 is 11.8 Å². The highest BCUT2D eigenvalue weighted by Gasteiger charge is 2.16. The van der Waals surface area contributed by atoms with Crippen molar-refractivity contribution in [1.82, 2.24) is 15.0 Å². The van der Waals surface area contributed by atoms with Crippen LogP contribution >= 0.6 is 0 Å². The number of amides is 2. The Balaban J connectivity index is 1.85. The second-order valence-corrected chi connectivity index (χ2v) is 5.95. The molecule has 1 heterocycles. The number of nitrogens with two attached hydrogens (primary N) is 1. The van der Waals surface area contributed by atoms with E-state index in [1.165, 1.54) is 4.90 Å². The van der Waals surface area contributed by atoms with Gasteiger partial charge in [0.15, 0.2) is 6.61 Å². The molecule has 0 saturated carbocycles. The number of ether oxygens (including phenoxy) is 1. The lowest BCUT2D eigenvalue weighted by Gasteiger charge is -2.09. The Morgan fingerprint density at radius 3 is 2.48 bits per heavy atom. The molecule has 3 aromatic rings. The van der Waals surface area contributed by atoms with E-state index in [2.05, 4.69) is 10.1 Å². The number of aromatic nitrogens is 2. The van der Waals surface area contributed by atoms with Crippen molar-refractivity contribution in [3.63, 3.8) is 0 Å². The van der Waals surface area contributed by atoms with Gasteiger partial charge in [-0.25, -0.2) is 0 Å². The molecule has 0 atom stereocenters. The summed E-state index contributed by atoms with van der Waals surface area (Å²) in [5, 5.41) is 3.98. The van der Waals surface area contributed by atoms with Crippen molar-refractivity contribution < 1.29 is 18.8 Å². The number of benzene rings is 2. The SMILES string of the molecule is CN(C)C(=O)c1ccc(-c2noc(-c3ccccc3OCC(N)=O)n2)cc1. The van der Waals surface area contributed by atoms with Crippen LogP contribution in [0.2, 0.25) is 0 Å². The summed E-state index contributed by atoms with van der Waals surface area (Å²) in [4.78, 5) is 28.8. The smallest absolute Gasteiger partial charge is 0.262 e. The van der Waals surface area contributed by atoms with Crippen LogP contribution in [0.3, 0.4) is 0 Å². The molecular formula is C19H18N4O4. The van der Waals surface area contributed by atoms with Crippen molar-refractivity contribution in [2.75, 3.05) is 20.7 Å². The number of hydrogen-bond acceptors (Lipinski definition) is 6. The monoisotopic (exact) mass is 366 g/mol. The van der Waals surface area contributed by atoms with E-state index in [1.807, 2.05) is 0 Å². The zero-order chi connectivity index (χ0) is 19.4. The molecule has 138 valence electrons. The highest BCUT2D eigenvalue weighted by Crippen LogP contribution is 2.30. The Morgan fingerprint density at radius 1 is 1.11 bits per heavy atom. The maximum Gasteiger partial charge on any atom is 0.262 e. The summed E-state index contributed by atoms with van der Waals surface area (Å²) in [5.41, 5.74) is 6.94. The number of carbonyl (C=O) groups is 2. The van der Waals surface area contributed by atoms with Crippen LogP contribution in [0.25, 0.3) is 22.8 Å². The second kappa shape index (κ2) is 7.69. The predicted molar refractivity (Wildman–Crippen MR) is 97.9 cm³/mol. The minimum Gasteiger partial charge on any atom is -0.483 e. The first-order valence-corrected chi connectivity index (χ1v) is 8.12. The normalized spacial score (nSPS) is 10.4. The molecule has 2 aromatic carbocycles. The standard InChI is InChI=1S/C19H18N4O4/c1-23(2)19(25)13-9-7-12(8-10-13)17-21-18(27-22-17)14-5-3-4-6-15(14)26-11-16(20)24/h3-10H,11H2,1-2H3,(H2,20,24). The van der Waals surface area contributed by atoms with Gasteiger partial charge >= 0.3 is 0 Å². The number of hydrogen-bond donors (Lipinski definition) is 1. The molecule has 8 nitrogen and oxygen atoms in total. The number of rotatable bonds is 6. The third-order valence-corrected chi connectivity index (χ3v) is 3.71. The first-order valence-electron chi connectivity index (χ1n) is 8.12. The summed E-state index contributed by atoms with van der Waals surface area (Å²) in [5.74, 6) is 0.370. The van der Waals surface area contributed by atoms with Gasteiger partial charge in [0.2, 0.25) is 5.82 Å². The van der Waals surface area contributed by atoms with Crippen molar-refractivity contribution in [1.29, 1.82) is 0 Å². The van der Waals surface area contributed by atoms with Crippen molar-refractivity contribution in [3.05, 3.63) is 54.1 Å². The van der Waals surface area contributed by atoms with Gasteiger partial charge in [0, 0.05) is 25.2 Å². The molecule has 0 fully saturated rings. The number of carbonyl (C=O) groups excluding carboxylic acids is 2. The topological polar surface area (TPSA) is 112 Å². The van der Waals surface area contributed by atoms with Gasteiger partial charge in [-0.3, -0.25) is 9.59 Å². The van der Waals surface area contributed by atoms with Crippen LogP contribution in [0, 0.1) is 0 Å². The summed E-state index contributed by atoms with van der Waals surface area (Å²) in [6, 6.07) is 13.9. The molecule has 0 unspecified atom stereocenters. The van der Waals surface area contributed by atoms with Gasteiger partial charge in [0.05, 0.1) is 5.56 Å². The Hall–Kier alpha value is -3.68. The fourth-order valence-electron chi connectivity index (χ4n) is 2.39. The highest BCUT2D eigenvalue weighted by molar-refractivity contribution is 5.94. The Morgan fingerprint density at radius 2 is 1.81 bits per heavy atom. The molecule has 0 aliphatic rings. The second-order valence-electron chi connectivity index (χ2n) is 5.95. The zero-order valence-corrected chi connectivity index (χ0v) is 14.9. The van der Waals surface area contributed by atoms with Crippen LogP contribution in [0.4, 0.5) is 0 Å². The van der Waals surface area contributed by atoms with E-state index in [0.717, 1.165) is 0 Å². The van der Waals surface area contributed by atoms with E-state index in [-0.39, 0.29) is 18.4 Å². The molecule has 1 aromatic heterocycles.